The summed E-state index contributed by atoms with van der Waals surface area (Å²) in [7, 11) is 1.63. The number of carbonyl (C=O) groups excluding carboxylic acids is 2. The molecule has 156 valence electrons. The molecule has 0 unspecified atom stereocenters. The zero-order chi connectivity index (χ0) is 20.2. The Morgan fingerprint density at radius 1 is 0.931 bits per heavy atom. The van der Waals surface area contributed by atoms with E-state index in [1.807, 2.05) is 30.0 Å². The second-order valence-electron chi connectivity index (χ2n) is 9.97. The standard InChI is InChI=1S/C24H32N2O3/c1-16-3-4-20(12-21(16)29-2)22(27)25-5-7-26(8-6-25)23(28)24-13-17-9-18(14-24)11-19(10-17)15-24/h3-4,12,17-19H,5-11,13-15H2,1-2H3. The monoisotopic (exact) mass is 396 g/mol. The van der Waals surface area contributed by atoms with Gasteiger partial charge < -0.3 is 14.5 Å². The molecule has 5 nitrogen and oxygen atoms in total. The topological polar surface area (TPSA) is 49.9 Å². The van der Waals surface area contributed by atoms with E-state index in [0.29, 0.717) is 37.6 Å². The Bertz CT molecular complexity index is 790. The van der Waals surface area contributed by atoms with Crippen molar-refractivity contribution in [3.05, 3.63) is 29.3 Å². The van der Waals surface area contributed by atoms with Crippen molar-refractivity contribution in [3.63, 3.8) is 0 Å². The Hall–Kier alpha value is -2.04. The van der Waals surface area contributed by atoms with Gasteiger partial charge in [0.1, 0.15) is 5.75 Å². The number of amides is 2. The number of hydrogen-bond donors (Lipinski definition) is 0. The fraction of sp³-hybridized carbons (Fsp3) is 0.667. The van der Waals surface area contributed by atoms with Crippen LogP contribution in [0.25, 0.3) is 0 Å². The van der Waals surface area contributed by atoms with Gasteiger partial charge in [0.05, 0.1) is 12.5 Å². The molecule has 0 spiro atoms. The van der Waals surface area contributed by atoms with E-state index in [0.717, 1.165) is 48.3 Å². The molecular weight excluding hydrogens is 364 g/mol. The maximum atomic E-state index is 13.5. The quantitative estimate of drug-likeness (QED) is 0.786. The zero-order valence-corrected chi connectivity index (χ0v) is 17.7. The lowest BCUT2D eigenvalue weighted by Gasteiger charge is -2.57. The van der Waals surface area contributed by atoms with Gasteiger partial charge in [-0.25, -0.2) is 0 Å². The molecule has 5 fully saturated rings. The highest BCUT2D eigenvalue weighted by Crippen LogP contribution is 2.60. The Labute approximate surface area is 173 Å². The number of hydrogen-bond acceptors (Lipinski definition) is 3. The van der Waals surface area contributed by atoms with Crippen LogP contribution in [0.5, 0.6) is 5.75 Å². The minimum Gasteiger partial charge on any atom is -0.496 e. The molecule has 0 radical (unpaired) electrons. The third-order valence-corrected chi connectivity index (χ3v) is 8.00. The van der Waals surface area contributed by atoms with Crippen LogP contribution in [-0.4, -0.2) is 54.9 Å². The summed E-state index contributed by atoms with van der Waals surface area (Å²) in [6.07, 6.45) is 7.40. The van der Waals surface area contributed by atoms with E-state index in [1.165, 1.54) is 19.3 Å². The van der Waals surface area contributed by atoms with Gasteiger partial charge in [-0.3, -0.25) is 9.59 Å². The summed E-state index contributed by atoms with van der Waals surface area (Å²) < 4.78 is 5.36. The third-order valence-electron chi connectivity index (χ3n) is 8.00. The lowest BCUT2D eigenvalue weighted by molar-refractivity contribution is -0.159. The summed E-state index contributed by atoms with van der Waals surface area (Å²) in [5.41, 5.74) is 1.61. The number of carbonyl (C=O) groups is 2. The van der Waals surface area contributed by atoms with Crippen LogP contribution in [0.4, 0.5) is 0 Å². The van der Waals surface area contributed by atoms with Crippen LogP contribution in [0, 0.1) is 30.1 Å². The molecule has 1 heterocycles. The first-order valence-electron chi connectivity index (χ1n) is 11.2. The molecule has 2 amide bonds. The van der Waals surface area contributed by atoms with Crippen LogP contribution in [0.15, 0.2) is 18.2 Å². The van der Waals surface area contributed by atoms with Gasteiger partial charge in [0.2, 0.25) is 5.91 Å². The van der Waals surface area contributed by atoms with E-state index < -0.39 is 0 Å². The highest BCUT2D eigenvalue weighted by atomic mass is 16.5. The van der Waals surface area contributed by atoms with Crippen molar-refractivity contribution in [2.45, 2.75) is 45.4 Å². The number of piperazine rings is 1. The van der Waals surface area contributed by atoms with Gasteiger partial charge in [0.15, 0.2) is 0 Å². The molecule has 0 aromatic heterocycles. The minimum absolute atomic E-state index is 0.0326. The molecule has 29 heavy (non-hydrogen) atoms. The minimum atomic E-state index is -0.0781. The maximum absolute atomic E-state index is 13.5. The molecule has 1 aliphatic heterocycles. The lowest BCUT2D eigenvalue weighted by Crippen LogP contribution is -2.58. The first-order chi connectivity index (χ1) is 14.0. The molecule has 0 N–H and O–H groups in total. The van der Waals surface area contributed by atoms with Crippen LogP contribution in [0.3, 0.4) is 0 Å². The summed E-state index contributed by atoms with van der Waals surface area (Å²) in [6.45, 7) is 4.53. The SMILES string of the molecule is COc1cc(C(=O)N2CCN(C(=O)C34CC5CC(CC(C5)C3)C4)CC2)ccc1C. The number of benzene rings is 1. The van der Waals surface area contributed by atoms with Gasteiger partial charge in [0.25, 0.3) is 5.91 Å². The zero-order valence-electron chi connectivity index (χ0n) is 17.7. The predicted octanol–water partition coefficient (Wildman–Crippen LogP) is 3.50. The van der Waals surface area contributed by atoms with E-state index in [4.69, 9.17) is 4.74 Å². The first-order valence-corrected chi connectivity index (χ1v) is 11.2. The Balaban J connectivity index is 1.24. The average Bonchev–Trinajstić information content (AvgIpc) is 2.72. The summed E-state index contributed by atoms with van der Waals surface area (Å²) in [5, 5.41) is 0. The van der Waals surface area contributed by atoms with Gasteiger partial charge >= 0.3 is 0 Å². The van der Waals surface area contributed by atoms with Gasteiger partial charge in [0, 0.05) is 31.7 Å². The summed E-state index contributed by atoms with van der Waals surface area (Å²) in [6, 6.07) is 5.62. The molecule has 5 heteroatoms. The largest absolute Gasteiger partial charge is 0.496 e. The van der Waals surface area contributed by atoms with E-state index in [-0.39, 0.29) is 11.3 Å². The number of ether oxygens (including phenoxy) is 1. The van der Waals surface area contributed by atoms with E-state index in [9.17, 15) is 9.59 Å². The molecule has 4 saturated carbocycles. The highest BCUT2D eigenvalue weighted by Gasteiger charge is 2.55. The van der Waals surface area contributed by atoms with Crippen LogP contribution in [0.1, 0.15) is 54.4 Å². The maximum Gasteiger partial charge on any atom is 0.254 e. The van der Waals surface area contributed by atoms with Crippen molar-refractivity contribution in [2.24, 2.45) is 23.2 Å². The normalized spacial score (nSPS) is 33.1. The lowest BCUT2D eigenvalue weighted by atomic mass is 9.49. The summed E-state index contributed by atoms with van der Waals surface area (Å²) in [4.78, 5) is 30.4. The van der Waals surface area contributed by atoms with Crippen molar-refractivity contribution in [1.29, 1.82) is 0 Å². The van der Waals surface area contributed by atoms with Gasteiger partial charge in [-0.1, -0.05) is 6.07 Å². The molecule has 5 aliphatic rings. The number of rotatable bonds is 3. The van der Waals surface area contributed by atoms with Crippen molar-refractivity contribution < 1.29 is 14.3 Å². The molecule has 1 aromatic carbocycles. The smallest absolute Gasteiger partial charge is 0.254 e. The van der Waals surface area contributed by atoms with Crippen LogP contribution >= 0.6 is 0 Å². The van der Waals surface area contributed by atoms with Gasteiger partial charge in [-0.15, -0.1) is 0 Å². The first kappa shape index (κ1) is 19.0. The molecular formula is C24H32N2O3. The van der Waals surface area contributed by atoms with E-state index in [2.05, 4.69) is 4.90 Å². The molecule has 6 rings (SSSR count). The van der Waals surface area contributed by atoms with Crippen molar-refractivity contribution in [2.75, 3.05) is 33.3 Å². The fourth-order valence-corrected chi connectivity index (χ4v) is 6.96. The Morgan fingerprint density at radius 2 is 1.48 bits per heavy atom. The molecule has 1 saturated heterocycles. The highest BCUT2D eigenvalue weighted by molar-refractivity contribution is 5.95. The van der Waals surface area contributed by atoms with Crippen LogP contribution in [-0.2, 0) is 4.79 Å². The second kappa shape index (κ2) is 7.03. The molecule has 0 atom stereocenters. The third kappa shape index (κ3) is 3.23. The Morgan fingerprint density at radius 3 is 2.03 bits per heavy atom. The van der Waals surface area contributed by atoms with Crippen LogP contribution < -0.4 is 4.74 Å². The number of aryl methyl sites for hydroxylation is 1. The number of methoxy groups -OCH3 is 1. The van der Waals surface area contributed by atoms with Crippen molar-refractivity contribution in [1.82, 2.24) is 9.80 Å². The predicted molar refractivity (Wildman–Crippen MR) is 111 cm³/mol. The van der Waals surface area contributed by atoms with Gasteiger partial charge in [-0.05, 0) is 80.9 Å². The van der Waals surface area contributed by atoms with Gasteiger partial charge in [-0.2, -0.15) is 0 Å². The van der Waals surface area contributed by atoms with E-state index >= 15 is 0 Å². The fourth-order valence-electron chi connectivity index (χ4n) is 6.96. The van der Waals surface area contributed by atoms with Crippen molar-refractivity contribution in [3.8, 4) is 5.75 Å². The molecule has 4 aliphatic carbocycles. The summed E-state index contributed by atoms with van der Waals surface area (Å²) in [5.74, 6) is 3.51. The molecule has 4 bridgehead atoms. The second-order valence-corrected chi connectivity index (χ2v) is 9.97. The van der Waals surface area contributed by atoms with Crippen LogP contribution in [0.2, 0.25) is 0 Å². The summed E-state index contributed by atoms with van der Waals surface area (Å²) >= 11 is 0. The molecule has 1 aromatic rings. The number of nitrogens with zero attached hydrogens (tertiary/aromatic N) is 2. The Kier molecular flexibility index (Phi) is 4.60. The van der Waals surface area contributed by atoms with Crippen molar-refractivity contribution >= 4 is 11.8 Å². The average molecular weight is 397 g/mol. The van der Waals surface area contributed by atoms with E-state index in [1.54, 1.807) is 7.11 Å².